The summed E-state index contributed by atoms with van der Waals surface area (Å²) in [7, 11) is 0.339. The maximum atomic E-state index is 12.7. The zero-order valence-electron chi connectivity index (χ0n) is 23.1. The number of hydrogen-bond donors (Lipinski definition) is 2. The summed E-state index contributed by atoms with van der Waals surface area (Å²) in [5, 5.41) is 3.42. The van der Waals surface area contributed by atoms with Gasteiger partial charge in [0.1, 0.15) is 0 Å². The Bertz CT molecular complexity index is 1110. The van der Waals surface area contributed by atoms with E-state index in [1.54, 1.807) is 18.3 Å². The van der Waals surface area contributed by atoms with Crippen molar-refractivity contribution in [2.45, 2.75) is 27.7 Å². The fourth-order valence-electron chi connectivity index (χ4n) is 4.90. The van der Waals surface area contributed by atoms with E-state index in [0.717, 1.165) is 43.5 Å². The van der Waals surface area contributed by atoms with Crippen LogP contribution < -0.4 is 0 Å². The predicted molar refractivity (Wildman–Crippen MR) is 162 cm³/mol. The van der Waals surface area contributed by atoms with E-state index in [1.807, 2.05) is 105 Å². The molecule has 0 spiro atoms. The van der Waals surface area contributed by atoms with E-state index in [9.17, 15) is 9.79 Å². The van der Waals surface area contributed by atoms with Gasteiger partial charge in [-0.2, -0.15) is 0 Å². The second-order valence-corrected chi connectivity index (χ2v) is 20.0. The van der Waals surface area contributed by atoms with Crippen LogP contribution in [0.2, 0.25) is 0 Å². The molecule has 2 aliphatic heterocycles. The van der Waals surface area contributed by atoms with Crippen LogP contribution in [0, 0.1) is 0 Å². The molecular formula is C28H44N4O2P2+4. The molecule has 0 saturated carbocycles. The Balaban J connectivity index is 2.98. The second-order valence-electron chi connectivity index (χ2n) is 9.87. The molecule has 0 saturated heterocycles. The van der Waals surface area contributed by atoms with E-state index in [2.05, 4.69) is 26.9 Å². The van der Waals surface area contributed by atoms with Crippen molar-refractivity contribution in [3.05, 3.63) is 92.7 Å². The Kier molecular flexibility index (Phi) is 9.20. The van der Waals surface area contributed by atoms with Crippen LogP contribution in [-0.4, -0.2) is 83.1 Å². The van der Waals surface area contributed by atoms with Crippen molar-refractivity contribution in [3.63, 3.8) is 0 Å². The fraction of sp³-hybridized carbons (Fsp3) is 0.286. The number of hydrogen-bond acceptors (Lipinski definition) is 2. The molecule has 2 rings (SSSR count). The topological polar surface area (TPSA) is 52.5 Å². The molecule has 36 heavy (non-hydrogen) atoms. The van der Waals surface area contributed by atoms with Crippen molar-refractivity contribution in [1.29, 1.82) is 0 Å². The van der Waals surface area contributed by atoms with Crippen molar-refractivity contribution in [2.75, 3.05) is 28.2 Å². The summed E-state index contributed by atoms with van der Waals surface area (Å²) < 4.78 is 6.88. The summed E-state index contributed by atoms with van der Waals surface area (Å²) >= 11 is 0. The van der Waals surface area contributed by atoms with Gasteiger partial charge in [-0.15, -0.1) is 0 Å². The third kappa shape index (κ3) is 5.23. The molecule has 0 aromatic carbocycles. The Morgan fingerprint density at radius 3 is 0.778 bits per heavy atom. The zero-order chi connectivity index (χ0) is 27.6. The molecule has 0 fully saturated rings. The fourth-order valence-corrected chi connectivity index (χ4v) is 18.8. The molecule has 2 aliphatic rings. The molecular weight excluding hydrogens is 486 g/mol. The standard InChI is InChI=1S/C28H44N4O2P2/c1-21-25(13-17-29(5)6)26(14-18-30(7)8)22(2)35(21,33)36(34)23(3)27(15-19-31(9)10)28(24(36)4)16-20-32(11)12/h13-20,33-36H,5,7,9,11H2,1-4,6,8,10,12H3/q+4/b17-13-,18-14-,19-15-,20-16-. The van der Waals surface area contributed by atoms with Gasteiger partial charge in [0.05, 0.1) is 0 Å². The Morgan fingerprint density at radius 2 is 0.639 bits per heavy atom. The van der Waals surface area contributed by atoms with E-state index in [-0.39, 0.29) is 0 Å². The van der Waals surface area contributed by atoms with Gasteiger partial charge in [0.25, 0.3) is 0 Å². The summed E-state index contributed by atoms with van der Waals surface area (Å²) in [5.74, 6) is 0. The molecule has 194 valence electrons. The van der Waals surface area contributed by atoms with Crippen LogP contribution in [-0.2, 0) is 0 Å². The first-order valence-electron chi connectivity index (χ1n) is 11.8. The zero-order valence-corrected chi connectivity index (χ0v) is 25.1. The second kappa shape index (κ2) is 11.2. The molecule has 0 aliphatic carbocycles. The summed E-state index contributed by atoms with van der Waals surface area (Å²) in [6, 6.07) is 0. The number of nitrogens with zero attached hydrogens (tertiary/aromatic N) is 4. The van der Waals surface area contributed by atoms with Crippen molar-refractivity contribution in [3.8, 4) is 0 Å². The first-order chi connectivity index (χ1) is 16.6. The summed E-state index contributed by atoms with van der Waals surface area (Å²) in [5.41, 5.74) is 3.70. The van der Waals surface area contributed by atoms with Gasteiger partial charge < -0.3 is 0 Å². The maximum absolute atomic E-state index is 12.7. The third-order valence-electron chi connectivity index (χ3n) is 6.87. The first-order valence-corrected chi connectivity index (χ1v) is 16.7. The van der Waals surface area contributed by atoms with Gasteiger partial charge in [-0.1, -0.05) is 0 Å². The minimum absolute atomic E-state index is 0.856. The molecule has 0 atom stereocenters. The van der Waals surface area contributed by atoms with Gasteiger partial charge in [-0.3, -0.25) is 0 Å². The molecule has 0 unspecified atom stereocenters. The van der Waals surface area contributed by atoms with Crippen LogP contribution in [0.25, 0.3) is 0 Å². The Hall–Kier alpha value is -2.62. The Labute approximate surface area is 217 Å². The molecule has 6 nitrogen and oxygen atoms in total. The van der Waals surface area contributed by atoms with Crippen molar-refractivity contribution in [1.82, 2.24) is 0 Å². The average Bonchev–Trinajstić information content (AvgIpc) is 3.08. The average molecular weight is 531 g/mol. The van der Waals surface area contributed by atoms with E-state index < -0.39 is 14.4 Å². The number of rotatable bonds is 9. The predicted octanol–water partition coefficient (Wildman–Crippen LogP) is 4.77. The third-order valence-corrected chi connectivity index (χ3v) is 21.0. The quantitative estimate of drug-likeness (QED) is 0.257. The van der Waals surface area contributed by atoms with E-state index in [0.29, 0.717) is 0 Å². The minimum atomic E-state index is -3.55. The molecule has 0 radical (unpaired) electrons. The normalized spacial score (nSPS) is 21.7. The van der Waals surface area contributed by atoms with Crippen LogP contribution in [0.5, 0.6) is 0 Å². The summed E-state index contributed by atoms with van der Waals surface area (Å²) in [6.07, 6.45) is 15.4. The van der Waals surface area contributed by atoms with Gasteiger partial charge in [-0.25, -0.2) is 0 Å². The SMILES string of the molecule is C=[N+](C)/C=C\C1=C(C)[PH](O)([PH]2(O)C(C)=C(/C=C\[N+](=C)C)C(/C=C\[N+](=C)C)=C2C)C(C)=C1/C=C\[N+](=C)C. The van der Waals surface area contributed by atoms with E-state index >= 15 is 0 Å². The first kappa shape index (κ1) is 29.6. The summed E-state index contributed by atoms with van der Waals surface area (Å²) in [6.45, 7) is 23.5. The van der Waals surface area contributed by atoms with Gasteiger partial charge >= 0.3 is 218 Å². The van der Waals surface area contributed by atoms with Gasteiger partial charge in [0.15, 0.2) is 0 Å². The number of allylic oxidation sites excluding steroid dienone is 12. The van der Waals surface area contributed by atoms with Gasteiger partial charge in [0, 0.05) is 0 Å². The Morgan fingerprint density at radius 1 is 0.472 bits per heavy atom. The van der Waals surface area contributed by atoms with Crippen molar-refractivity contribution in [2.24, 2.45) is 0 Å². The van der Waals surface area contributed by atoms with Crippen LogP contribution >= 0.6 is 14.4 Å². The van der Waals surface area contributed by atoms with Crippen molar-refractivity contribution >= 4 is 41.2 Å². The molecule has 0 aromatic rings. The van der Waals surface area contributed by atoms with E-state index in [4.69, 9.17) is 0 Å². The van der Waals surface area contributed by atoms with Crippen LogP contribution in [0.1, 0.15) is 27.7 Å². The molecule has 2 heterocycles. The molecule has 2 N–H and O–H groups in total. The molecule has 0 aromatic heterocycles. The van der Waals surface area contributed by atoms with Crippen LogP contribution in [0.3, 0.4) is 0 Å². The summed E-state index contributed by atoms with van der Waals surface area (Å²) in [4.78, 5) is 25.5. The molecule has 0 amide bonds. The van der Waals surface area contributed by atoms with Crippen LogP contribution in [0.4, 0.5) is 0 Å². The van der Waals surface area contributed by atoms with E-state index in [1.165, 1.54) is 0 Å². The van der Waals surface area contributed by atoms with Crippen molar-refractivity contribution < 1.29 is 28.1 Å². The van der Waals surface area contributed by atoms with Gasteiger partial charge in [-0.05, 0) is 0 Å². The monoisotopic (exact) mass is 530 g/mol. The molecule has 8 heteroatoms. The molecule has 0 bridgehead atoms. The van der Waals surface area contributed by atoms with Gasteiger partial charge in [0.2, 0.25) is 0 Å². The van der Waals surface area contributed by atoms with Crippen LogP contribution in [0.15, 0.2) is 92.7 Å².